The Morgan fingerprint density at radius 2 is 1.59 bits per heavy atom. The van der Waals surface area contributed by atoms with Crippen molar-refractivity contribution in [2.45, 2.75) is 71.1 Å². The van der Waals surface area contributed by atoms with Crippen LogP contribution in [0, 0.1) is 6.92 Å². The van der Waals surface area contributed by atoms with E-state index in [0.717, 1.165) is 25.7 Å². The van der Waals surface area contributed by atoms with Crippen LogP contribution in [-0.4, -0.2) is 23.8 Å². The lowest BCUT2D eigenvalue weighted by molar-refractivity contribution is 0.0492. The molecule has 0 spiro atoms. The molecule has 0 unspecified atom stereocenters. The number of rotatable bonds is 3. The highest BCUT2D eigenvalue weighted by Crippen LogP contribution is 2.23. The zero-order valence-corrected chi connectivity index (χ0v) is 14.1. The van der Waals surface area contributed by atoms with Gasteiger partial charge >= 0.3 is 6.09 Å². The molecule has 122 valence electrons. The Balaban J connectivity index is 1.73. The van der Waals surface area contributed by atoms with Crippen LogP contribution in [0.4, 0.5) is 10.5 Å². The van der Waals surface area contributed by atoms with Crippen LogP contribution in [0.2, 0.25) is 0 Å². The number of amides is 1. The molecule has 1 fully saturated rings. The van der Waals surface area contributed by atoms with Gasteiger partial charge < -0.3 is 15.4 Å². The maximum atomic E-state index is 11.8. The fourth-order valence-corrected chi connectivity index (χ4v) is 2.74. The molecule has 1 aromatic rings. The summed E-state index contributed by atoms with van der Waals surface area (Å²) in [5.41, 5.74) is 2.01. The van der Waals surface area contributed by atoms with Crippen molar-refractivity contribution in [3.05, 3.63) is 29.8 Å². The summed E-state index contributed by atoms with van der Waals surface area (Å²) < 4.78 is 5.31. The maximum absolute atomic E-state index is 11.8. The van der Waals surface area contributed by atoms with Crippen molar-refractivity contribution in [2.24, 2.45) is 0 Å². The SMILES string of the molecule is Cc1ccc(NC2CCC(NC(=O)OC(C)(C)C)CC2)cc1. The average Bonchev–Trinajstić information content (AvgIpc) is 2.41. The molecule has 1 saturated carbocycles. The van der Waals surface area contributed by atoms with Gasteiger partial charge in [-0.3, -0.25) is 0 Å². The summed E-state index contributed by atoms with van der Waals surface area (Å²) in [6.45, 7) is 7.75. The van der Waals surface area contributed by atoms with E-state index in [0.29, 0.717) is 6.04 Å². The Bertz CT molecular complexity index is 483. The van der Waals surface area contributed by atoms with Gasteiger partial charge in [-0.1, -0.05) is 17.7 Å². The number of carbonyl (C=O) groups is 1. The molecule has 1 aliphatic carbocycles. The van der Waals surface area contributed by atoms with Gasteiger partial charge in [0.25, 0.3) is 0 Å². The molecule has 0 bridgehead atoms. The lowest BCUT2D eigenvalue weighted by atomic mass is 9.91. The minimum atomic E-state index is -0.436. The van der Waals surface area contributed by atoms with Gasteiger partial charge in [0.2, 0.25) is 0 Å². The van der Waals surface area contributed by atoms with Crippen LogP contribution in [0.15, 0.2) is 24.3 Å². The third-order valence-electron chi connectivity index (χ3n) is 3.87. The summed E-state index contributed by atoms with van der Waals surface area (Å²) in [4.78, 5) is 11.8. The number of aryl methyl sites for hydroxylation is 1. The second kappa shape index (κ2) is 7.03. The fraction of sp³-hybridized carbons (Fsp3) is 0.611. The number of anilines is 1. The van der Waals surface area contributed by atoms with E-state index in [9.17, 15) is 4.79 Å². The molecule has 0 heterocycles. The van der Waals surface area contributed by atoms with Crippen LogP contribution in [0.1, 0.15) is 52.0 Å². The topological polar surface area (TPSA) is 50.4 Å². The summed E-state index contributed by atoms with van der Waals surface area (Å²) in [6, 6.07) is 9.21. The van der Waals surface area contributed by atoms with Crippen LogP contribution in [0.5, 0.6) is 0 Å². The highest BCUT2D eigenvalue weighted by molar-refractivity contribution is 5.68. The number of benzene rings is 1. The zero-order valence-electron chi connectivity index (χ0n) is 14.1. The molecular weight excluding hydrogens is 276 g/mol. The van der Waals surface area contributed by atoms with E-state index in [1.807, 2.05) is 20.8 Å². The quantitative estimate of drug-likeness (QED) is 0.878. The van der Waals surface area contributed by atoms with E-state index < -0.39 is 5.60 Å². The van der Waals surface area contributed by atoms with Gasteiger partial charge in [-0.2, -0.15) is 0 Å². The molecule has 2 N–H and O–H groups in total. The minimum Gasteiger partial charge on any atom is -0.444 e. The van der Waals surface area contributed by atoms with Crippen molar-refractivity contribution in [2.75, 3.05) is 5.32 Å². The van der Waals surface area contributed by atoms with Crippen molar-refractivity contribution >= 4 is 11.8 Å². The van der Waals surface area contributed by atoms with E-state index in [1.54, 1.807) is 0 Å². The fourth-order valence-electron chi connectivity index (χ4n) is 2.74. The summed E-state index contributed by atoms with van der Waals surface area (Å²) in [5, 5.41) is 6.55. The Morgan fingerprint density at radius 3 is 2.14 bits per heavy atom. The van der Waals surface area contributed by atoms with Gasteiger partial charge in [0.1, 0.15) is 5.60 Å². The molecular formula is C18H28N2O2. The molecule has 22 heavy (non-hydrogen) atoms. The summed E-state index contributed by atoms with van der Waals surface area (Å²) >= 11 is 0. The highest BCUT2D eigenvalue weighted by atomic mass is 16.6. The van der Waals surface area contributed by atoms with Crippen LogP contribution in [-0.2, 0) is 4.74 Å². The third kappa shape index (κ3) is 5.58. The van der Waals surface area contributed by atoms with Crippen LogP contribution in [0.25, 0.3) is 0 Å². The molecule has 0 atom stereocenters. The van der Waals surface area contributed by atoms with Crippen molar-refractivity contribution in [1.29, 1.82) is 0 Å². The van der Waals surface area contributed by atoms with Crippen molar-refractivity contribution in [3.8, 4) is 0 Å². The monoisotopic (exact) mass is 304 g/mol. The van der Waals surface area contributed by atoms with Gasteiger partial charge in [0, 0.05) is 17.8 Å². The normalized spacial score (nSPS) is 22.0. The summed E-state index contributed by atoms with van der Waals surface area (Å²) in [5.74, 6) is 0. The molecule has 0 saturated heterocycles. The molecule has 4 heteroatoms. The predicted octanol–water partition coefficient (Wildman–Crippen LogP) is 4.24. The molecule has 0 aliphatic heterocycles. The van der Waals surface area contributed by atoms with Gasteiger partial charge in [0.15, 0.2) is 0 Å². The lowest BCUT2D eigenvalue weighted by Gasteiger charge is -2.31. The molecule has 0 aromatic heterocycles. The van der Waals surface area contributed by atoms with E-state index in [2.05, 4.69) is 41.8 Å². The Kier molecular flexibility index (Phi) is 5.33. The van der Waals surface area contributed by atoms with E-state index in [-0.39, 0.29) is 12.1 Å². The highest BCUT2D eigenvalue weighted by Gasteiger charge is 2.24. The molecule has 1 amide bonds. The predicted molar refractivity (Wildman–Crippen MR) is 90.2 cm³/mol. The average molecular weight is 304 g/mol. The second-order valence-corrected chi connectivity index (χ2v) is 7.21. The number of hydrogen-bond acceptors (Lipinski definition) is 3. The Morgan fingerprint density at radius 1 is 1.05 bits per heavy atom. The number of carbonyl (C=O) groups excluding carboxylic acids is 1. The van der Waals surface area contributed by atoms with Crippen LogP contribution in [0.3, 0.4) is 0 Å². The van der Waals surface area contributed by atoms with E-state index in [4.69, 9.17) is 4.74 Å². The molecule has 1 aromatic carbocycles. The number of hydrogen-bond donors (Lipinski definition) is 2. The van der Waals surface area contributed by atoms with E-state index >= 15 is 0 Å². The first kappa shape index (κ1) is 16.7. The van der Waals surface area contributed by atoms with Crippen molar-refractivity contribution < 1.29 is 9.53 Å². The smallest absolute Gasteiger partial charge is 0.407 e. The first-order valence-corrected chi connectivity index (χ1v) is 8.14. The van der Waals surface area contributed by atoms with Gasteiger partial charge in [-0.05, 0) is 65.5 Å². The van der Waals surface area contributed by atoms with E-state index in [1.165, 1.54) is 11.3 Å². The molecule has 1 aliphatic rings. The Hall–Kier alpha value is -1.71. The number of nitrogens with one attached hydrogen (secondary N) is 2. The zero-order chi connectivity index (χ0) is 16.2. The van der Waals surface area contributed by atoms with Gasteiger partial charge in [-0.15, -0.1) is 0 Å². The number of alkyl carbamates (subject to hydrolysis) is 1. The summed E-state index contributed by atoms with van der Waals surface area (Å²) in [6.07, 6.45) is 3.80. The third-order valence-corrected chi connectivity index (χ3v) is 3.87. The second-order valence-electron chi connectivity index (χ2n) is 7.21. The molecule has 0 radical (unpaired) electrons. The standard InChI is InChI=1S/C18H28N2O2/c1-13-5-7-14(8-6-13)19-15-9-11-16(12-10-15)20-17(21)22-18(2,3)4/h5-8,15-16,19H,9-12H2,1-4H3,(H,20,21). The van der Waals surface area contributed by atoms with Crippen molar-refractivity contribution in [1.82, 2.24) is 5.32 Å². The largest absolute Gasteiger partial charge is 0.444 e. The van der Waals surface area contributed by atoms with Crippen LogP contribution < -0.4 is 10.6 Å². The number of ether oxygens (including phenoxy) is 1. The lowest BCUT2D eigenvalue weighted by Crippen LogP contribution is -2.42. The Labute approximate surface area is 133 Å². The molecule has 2 rings (SSSR count). The van der Waals surface area contributed by atoms with Crippen LogP contribution >= 0.6 is 0 Å². The first-order valence-electron chi connectivity index (χ1n) is 8.14. The van der Waals surface area contributed by atoms with Gasteiger partial charge in [0.05, 0.1) is 0 Å². The maximum Gasteiger partial charge on any atom is 0.407 e. The van der Waals surface area contributed by atoms with Crippen molar-refractivity contribution in [3.63, 3.8) is 0 Å². The summed E-state index contributed by atoms with van der Waals surface area (Å²) in [7, 11) is 0. The van der Waals surface area contributed by atoms with Gasteiger partial charge in [-0.25, -0.2) is 4.79 Å². The first-order chi connectivity index (χ1) is 10.3. The molecule has 4 nitrogen and oxygen atoms in total. The minimum absolute atomic E-state index is 0.228.